The van der Waals surface area contributed by atoms with Crippen molar-refractivity contribution in [3.05, 3.63) is 29.8 Å². The molecular weight excluding hydrogens is 242 g/mol. The maximum absolute atomic E-state index is 12.1. The highest BCUT2D eigenvalue weighted by Crippen LogP contribution is 2.22. The second-order valence-electron chi connectivity index (χ2n) is 5.26. The number of amides is 1. The van der Waals surface area contributed by atoms with Crippen LogP contribution in [-0.2, 0) is 11.2 Å². The van der Waals surface area contributed by atoms with E-state index in [4.69, 9.17) is 0 Å². The van der Waals surface area contributed by atoms with Gasteiger partial charge in [0, 0.05) is 25.4 Å². The van der Waals surface area contributed by atoms with Crippen molar-refractivity contribution in [3.63, 3.8) is 0 Å². The number of likely N-dealkylation sites (tertiary alicyclic amines) is 1. The van der Waals surface area contributed by atoms with Gasteiger partial charge in [-0.25, -0.2) is 0 Å². The summed E-state index contributed by atoms with van der Waals surface area (Å²) in [4.78, 5) is 13.9. The highest BCUT2D eigenvalue weighted by Gasteiger charge is 2.28. The zero-order chi connectivity index (χ0) is 13.8. The number of aromatic hydroxyl groups is 1. The van der Waals surface area contributed by atoms with Crippen LogP contribution in [-0.4, -0.2) is 40.2 Å². The van der Waals surface area contributed by atoms with Crippen LogP contribution in [0.4, 0.5) is 0 Å². The maximum atomic E-state index is 12.1. The molecule has 1 aromatic rings. The van der Waals surface area contributed by atoms with Crippen LogP contribution in [0.3, 0.4) is 0 Å². The van der Waals surface area contributed by atoms with E-state index in [2.05, 4.69) is 0 Å². The first-order chi connectivity index (χ1) is 9.08. The Balaban J connectivity index is 1.84. The number of phenolic OH excluding ortho intramolecular Hbond substituents is 1. The van der Waals surface area contributed by atoms with Gasteiger partial charge >= 0.3 is 0 Å². The Morgan fingerprint density at radius 2 is 2.21 bits per heavy atom. The lowest BCUT2D eigenvalue weighted by molar-refractivity contribution is -0.130. The van der Waals surface area contributed by atoms with Gasteiger partial charge < -0.3 is 15.1 Å². The topological polar surface area (TPSA) is 60.8 Å². The number of hydrogen-bond donors (Lipinski definition) is 2. The molecule has 2 N–H and O–H groups in total. The van der Waals surface area contributed by atoms with Crippen LogP contribution in [0.2, 0.25) is 0 Å². The van der Waals surface area contributed by atoms with Crippen LogP contribution < -0.4 is 0 Å². The molecule has 1 aliphatic rings. The Labute approximate surface area is 113 Å². The van der Waals surface area contributed by atoms with Crippen molar-refractivity contribution >= 4 is 5.91 Å². The lowest BCUT2D eigenvalue weighted by atomic mass is 10.0. The Kier molecular flexibility index (Phi) is 4.43. The molecule has 0 saturated carbocycles. The molecular formula is C15H21NO3. The zero-order valence-corrected chi connectivity index (χ0v) is 11.2. The van der Waals surface area contributed by atoms with E-state index in [1.807, 2.05) is 17.0 Å². The van der Waals surface area contributed by atoms with Gasteiger partial charge in [0.25, 0.3) is 0 Å². The van der Waals surface area contributed by atoms with E-state index in [1.54, 1.807) is 19.1 Å². The van der Waals surface area contributed by atoms with Crippen molar-refractivity contribution in [2.45, 2.75) is 32.3 Å². The fraction of sp³-hybridized carbons (Fsp3) is 0.533. The minimum atomic E-state index is -0.351. The van der Waals surface area contributed by atoms with E-state index in [0.29, 0.717) is 19.4 Å². The standard InChI is InChI=1S/C15H21NO3/c1-11(17)13-8-9-16(10-13)15(19)7-6-12-4-2-3-5-14(12)18/h2-5,11,13,17-18H,6-10H2,1H3. The monoisotopic (exact) mass is 263 g/mol. The third kappa shape index (κ3) is 3.47. The van der Waals surface area contributed by atoms with Gasteiger partial charge in [-0.1, -0.05) is 18.2 Å². The fourth-order valence-corrected chi connectivity index (χ4v) is 2.53. The molecule has 104 valence electrons. The summed E-state index contributed by atoms with van der Waals surface area (Å²) >= 11 is 0. The minimum absolute atomic E-state index is 0.103. The van der Waals surface area contributed by atoms with Crippen molar-refractivity contribution in [3.8, 4) is 5.75 Å². The number of phenols is 1. The molecule has 0 aromatic heterocycles. The average Bonchev–Trinajstić information content (AvgIpc) is 2.87. The van der Waals surface area contributed by atoms with Crippen molar-refractivity contribution in [2.75, 3.05) is 13.1 Å². The number of aliphatic hydroxyl groups excluding tert-OH is 1. The molecule has 1 aromatic carbocycles. The van der Waals surface area contributed by atoms with Gasteiger partial charge in [0.2, 0.25) is 5.91 Å². The average molecular weight is 263 g/mol. The van der Waals surface area contributed by atoms with Crippen molar-refractivity contribution in [2.24, 2.45) is 5.92 Å². The molecule has 0 aliphatic carbocycles. The molecule has 2 atom stereocenters. The van der Waals surface area contributed by atoms with Gasteiger partial charge in [0.1, 0.15) is 5.75 Å². The summed E-state index contributed by atoms with van der Waals surface area (Å²) in [6.07, 6.45) is 1.49. The summed E-state index contributed by atoms with van der Waals surface area (Å²) < 4.78 is 0. The van der Waals surface area contributed by atoms with E-state index in [-0.39, 0.29) is 23.7 Å². The number of aliphatic hydroxyl groups is 1. The van der Waals surface area contributed by atoms with E-state index < -0.39 is 0 Å². The van der Waals surface area contributed by atoms with E-state index in [9.17, 15) is 15.0 Å². The molecule has 2 unspecified atom stereocenters. The molecule has 19 heavy (non-hydrogen) atoms. The summed E-state index contributed by atoms with van der Waals surface area (Å²) in [5.74, 6) is 0.555. The Morgan fingerprint density at radius 3 is 2.84 bits per heavy atom. The Hall–Kier alpha value is -1.55. The highest BCUT2D eigenvalue weighted by atomic mass is 16.3. The van der Waals surface area contributed by atoms with Crippen LogP contribution in [0.25, 0.3) is 0 Å². The molecule has 0 spiro atoms. The zero-order valence-electron chi connectivity index (χ0n) is 11.2. The van der Waals surface area contributed by atoms with Gasteiger partial charge in [0.05, 0.1) is 6.10 Å². The second kappa shape index (κ2) is 6.06. The normalized spacial score (nSPS) is 20.5. The van der Waals surface area contributed by atoms with E-state index in [1.165, 1.54) is 0 Å². The van der Waals surface area contributed by atoms with Gasteiger partial charge in [-0.15, -0.1) is 0 Å². The number of rotatable bonds is 4. The van der Waals surface area contributed by atoms with Gasteiger partial charge in [-0.3, -0.25) is 4.79 Å². The smallest absolute Gasteiger partial charge is 0.222 e. The molecule has 1 heterocycles. The van der Waals surface area contributed by atoms with Crippen LogP contribution in [0.5, 0.6) is 5.75 Å². The van der Waals surface area contributed by atoms with Crippen LogP contribution >= 0.6 is 0 Å². The first-order valence-electron chi connectivity index (χ1n) is 6.80. The Morgan fingerprint density at radius 1 is 1.47 bits per heavy atom. The summed E-state index contributed by atoms with van der Waals surface area (Å²) in [6.45, 7) is 3.16. The highest BCUT2D eigenvalue weighted by molar-refractivity contribution is 5.76. The third-order valence-corrected chi connectivity index (χ3v) is 3.86. The van der Waals surface area contributed by atoms with Gasteiger partial charge in [-0.2, -0.15) is 0 Å². The first kappa shape index (κ1) is 13.9. The molecule has 0 radical (unpaired) electrons. The lowest BCUT2D eigenvalue weighted by Gasteiger charge is -2.17. The quantitative estimate of drug-likeness (QED) is 0.866. The lowest BCUT2D eigenvalue weighted by Crippen LogP contribution is -2.30. The second-order valence-corrected chi connectivity index (χ2v) is 5.26. The molecule has 1 amide bonds. The van der Waals surface area contributed by atoms with E-state index >= 15 is 0 Å². The van der Waals surface area contributed by atoms with Crippen molar-refractivity contribution in [1.82, 2.24) is 4.90 Å². The first-order valence-corrected chi connectivity index (χ1v) is 6.80. The molecule has 1 saturated heterocycles. The number of aryl methyl sites for hydroxylation is 1. The Bertz CT molecular complexity index is 445. The molecule has 4 nitrogen and oxygen atoms in total. The maximum Gasteiger partial charge on any atom is 0.222 e. The number of nitrogens with zero attached hydrogens (tertiary/aromatic N) is 1. The molecule has 2 rings (SSSR count). The van der Waals surface area contributed by atoms with Crippen molar-refractivity contribution < 1.29 is 15.0 Å². The van der Waals surface area contributed by atoms with Gasteiger partial charge in [0.15, 0.2) is 0 Å². The molecule has 1 fully saturated rings. The minimum Gasteiger partial charge on any atom is -0.508 e. The van der Waals surface area contributed by atoms with E-state index in [0.717, 1.165) is 18.5 Å². The molecule has 0 bridgehead atoms. The summed E-state index contributed by atoms with van der Waals surface area (Å²) in [5, 5.41) is 19.2. The largest absolute Gasteiger partial charge is 0.508 e. The number of carbonyl (C=O) groups is 1. The summed E-state index contributed by atoms with van der Waals surface area (Å²) in [7, 11) is 0. The number of carbonyl (C=O) groups excluding carboxylic acids is 1. The summed E-state index contributed by atoms with van der Waals surface area (Å²) in [6, 6.07) is 7.11. The number of benzene rings is 1. The van der Waals surface area contributed by atoms with Crippen LogP contribution in [0.1, 0.15) is 25.3 Å². The van der Waals surface area contributed by atoms with Crippen LogP contribution in [0, 0.1) is 5.92 Å². The van der Waals surface area contributed by atoms with Crippen LogP contribution in [0.15, 0.2) is 24.3 Å². The van der Waals surface area contributed by atoms with Crippen molar-refractivity contribution in [1.29, 1.82) is 0 Å². The molecule has 1 aliphatic heterocycles. The fourth-order valence-electron chi connectivity index (χ4n) is 2.53. The predicted octanol–water partition coefficient (Wildman–Crippen LogP) is 1.55. The summed E-state index contributed by atoms with van der Waals surface area (Å²) in [5.41, 5.74) is 0.808. The number of para-hydroxylation sites is 1. The predicted molar refractivity (Wildman–Crippen MR) is 72.8 cm³/mol. The number of hydrogen-bond acceptors (Lipinski definition) is 3. The third-order valence-electron chi connectivity index (χ3n) is 3.86. The molecule has 4 heteroatoms. The SMILES string of the molecule is CC(O)C1CCN(C(=O)CCc2ccccc2O)C1. The van der Waals surface area contributed by atoms with Gasteiger partial charge in [-0.05, 0) is 31.4 Å².